The highest BCUT2D eigenvalue weighted by Gasteiger charge is 2.42. The number of benzene rings is 3. The van der Waals surface area contributed by atoms with Crippen LogP contribution in [0.5, 0.6) is 0 Å². The summed E-state index contributed by atoms with van der Waals surface area (Å²) in [6, 6.07) is 29.1. The number of rotatable bonds is 6. The van der Waals surface area contributed by atoms with Crippen LogP contribution in [0.3, 0.4) is 0 Å². The molecule has 0 saturated carbocycles. The molecule has 0 radical (unpaired) electrons. The molecule has 280 valence electrons. The highest BCUT2D eigenvalue weighted by molar-refractivity contribution is 6.08. The van der Waals surface area contributed by atoms with Gasteiger partial charge in [-0.1, -0.05) is 134 Å². The first-order valence-corrected chi connectivity index (χ1v) is 21.8. The summed E-state index contributed by atoms with van der Waals surface area (Å²) < 4.78 is 2.68. The molecule has 0 fully saturated rings. The molecule has 0 amide bonds. The standard InChI is InChI=1S/C54H54N2/c1-4-15-37(16-5-1)43-32-44(38-17-6-2-7-18-38)34-46(33-43)56-52-26-13-11-24-48(52)50-36-42(28-30-54(50)56)40-20-14-19-39(31-40)41-27-29-53-49(35-41)47-23-10-12-25-51(47)55(53)45-21-8-3-9-22-45/h1-2,4-8,11,13-17,19-21,24,26-30,33,35-36,38,40,44-46,49,53H,3,9-10,12,18,22-23,25,31-32,34H2. The summed E-state index contributed by atoms with van der Waals surface area (Å²) in [5, 5.41) is 2.76. The van der Waals surface area contributed by atoms with Crippen molar-refractivity contribution in [3.63, 3.8) is 0 Å². The average Bonchev–Trinajstić information content (AvgIpc) is 3.79. The summed E-state index contributed by atoms with van der Waals surface area (Å²) in [5.74, 6) is 2.07. The van der Waals surface area contributed by atoms with Crippen LogP contribution in [0.25, 0.3) is 27.4 Å². The molecule has 1 aromatic heterocycles. The molecule has 7 unspecified atom stereocenters. The van der Waals surface area contributed by atoms with E-state index in [1.807, 2.05) is 0 Å². The summed E-state index contributed by atoms with van der Waals surface area (Å²) in [6.45, 7) is 0. The first kappa shape index (κ1) is 34.2. The Morgan fingerprint density at radius 1 is 0.661 bits per heavy atom. The van der Waals surface area contributed by atoms with E-state index in [0.29, 0.717) is 41.8 Å². The summed E-state index contributed by atoms with van der Waals surface area (Å²) in [7, 11) is 0. The number of fused-ring (bicyclic) bond motifs is 5. The summed E-state index contributed by atoms with van der Waals surface area (Å²) in [4.78, 5) is 2.85. The Hall–Kier alpha value is -5.08. The van der Waals surface area contributed by atoms with E-state index in [9.17, 15) is 0 Å². The van der Waals surface area contributed by atoms with E-state index in [-0.39, 0.29) is 0 Å². The van der Waals surface area contributed by atoms with Crippen molar-refractivity contribution in [3.8, 4) is 0 Å². The van der Waals surface area contributed by atoms with Crippen molar-refractivity contribution in [1.29, 1.82) is 0 Å². The van der Waals surface area contributed by atoms with Crippen molar-refractivity contribution >= 4 is 27.4 Å². The van der Waals surface area contributed by atoms with Gasteiger partial charge in [-0.3, -0.25) is 0 Å². The summed E-state index contributed by atoms with van der Waals surface area (Å²) in [5.41, 5.74) is 13.4. The molecule has 7 atom stereocenters. The second-order valence-corrected chi connectivity index (χ2v) is 17.6. The van der Waals surface area contributed by atoms with Gasteiger partial charge in [-0.15, -0.1) is 0 Å². The van der Waals surface area contributed by atoms with Gasteiger partial charge in [0.2, 0.25) is 0 Å². The lowest BCUT2D eigenvalue weighted by Gasteiger charge is -2.38. The molecule has 6 aliphatic carbocycles. The topological polar surface area (TPSA) is 8.17 Å². The van der Waals surface area contributed by atoms with E-state index in [0.717, 1.165) is 25.7 Å². The van der Waals surface area contributed by atoms with Crippen LogP contribution in [0.1, 0.15) is 93.7 Å². The second kappa shape index (κ2) is 14.5. The molecule has 4 aromatic rings. The maximum atomic E-state index is 2.85. The van der Waals surface area contributed by atoms with Gasteiger partial charge >= 0.3 is 0 Å². The average molecular weight is 731 g/mol. The number of aromatic nitrogens is 1. The monoisotopic (exact) mass is 730 g/mol. The van der Waals surface area contributed by atoms with Crippen LogP contribution in [-0.2, 0) is 0 Å². The predicted octanol–water partition coefficient (Wildman–Crippen LogP) is 13.7. The molecule has 56 heavy (non-hydrogen) atoms. The minimum Gasteiger partial charge on any atom is -0.361 e. The van der Waals surface area contributed by atoms with Gasteiger partial charge < -0.3 is 9.47 Å². The van der Waals surface area contributed by atoms with Crippen molar-refractivity contribution in [2.24, 2.45) is 17.8 Å². The van der Waals surface area contributed by atoms with E-state index in [1.165, 1.54) is 94.6 Å². The molecule has 0 bridgehead atoms. The summed E-state index contributed by atoms with van der Waals surface area (Å²) in [6.07, 6.45) is 45.3. The second-order valence-electron chi connectivity index (χ2n) is 17.6. The third-order valence-corrected chi connectivity index (χ3v) is 14.4. The van der Waals surface area contributed by atoms with Crippen LogP contribution < -0.4 is 0 Å². The number of nitrogens with zero attached hydrogens (tertiary/aromatic N) is 2. The van der Waals surface area contributed by atoms with Gasteiger partial charge in [0, 0.05) is 45.4 Å². The third kappa shape index (κ3) is 5.99. The molecule has 2 nitrogen and oxygen atoms in total. The highest BCUT2D eigenvalue weighted by Crippen LogP contribution is 2.49. The third-order valence-electron chi connectivity index (χ3n) is 14.4. The van der Waals surface area contributed by atoms with Crippen LogP contribution in [0.15, 0.2) is 174 Å². The zero-order chi connectivity index (χ0) is 37.0. The Bertz CT molecular complexity index is 2450. The van der Waals surface area contributed by atoms with Crippen LogP contribution >= 0.6 is 0 Å². The normalized spacial score (nSPS) is 29.8. The van der Waals surface area contributed by atoms with Crippen molar-refractivity contribution in [2.45, 2.75) is 94.7 Å². The van der Waals surface area contributed by atoms with Crippen molar-refractivity contribution in [2.75, 3.05) is 0 Å². The first-order chi connectivity index (χ1) is 27.8. The van der Waals surface area contributed by atoms with E-state index in [4.69, 9.17) is 0 Å². The Morgan fingerprint density at radius 2 is 1.55 bits per heavy atom. The number of allylic oxidation sites excluding steroid dienone is 14. The van der Waals surface area contributed by atoms with Crippen LogP contribution in [0.2, 0.25) is 0 Å². The Kier molecular flexibility index (Phi) is 8.82. The molecule has 2 heteroatoms. The fourth-order valence-corrected chi connectivity index (χ4v) is 11.7. The smallest absolute Gasteiger partial charge is 0.0580 e. The van der Waals surface area contributed by atoms with Gasteiger partial charge in [-0.2, -0.15) is 0 Å². The SMILES string of the molecule is C1=CCC(C2CC(c3ccccc3)=CC(n3c4ccccc4c4cc(C5C=CC=C(C6=CC7C8=C(CCCC8)N(C8C=CCCC8)C7C=C6)C5)ccc43)C2)C=C1. The van der Waals surface area contributed by atoms with E-state index < -0.39 is 0 Å². The molecule has 2 heterocycles. The van der Waals surface area contributed by atoms with E-state index >= 15 is 0 Å². The molecule has 3 aromatic carbocycles. The van der Waals surface area contributed by atoms with Crippen molar-refractivity contribution in [3.05, 3.63) is 185 Å². The minimum atomic E-state index is 0.301. The molecular formula is C54H54N2. The Balaban J connectivity index is 0.910. The molecule has 7 aliphatic rings. The molecular weight excluding hydrogens is 677 g/mol. The van der Waals surface area contributed by atoms with Gasteiger partial charge in [0.05, 0.1) is 12.1 Å². The zero-order valence-electron chi connectivity index (χ0n) is 32.6. The predicted molar refractivity (Wildman–Crippen MR) is 235 cm³/mol. The fraction of sp³-hybridized carbons (Fsp3) is 0.333. The van der Waals surface area contributed by atoms with Crippen LogP contribution in [-0.4, -0.2) is 21.6 Å². The lowest BCUT2D eigenvalue weighted by Crippen LogP contribution is -2.40. The lowest BCUT2D eigenvalue weighted by atomic mass is 9.74. The quantitative estimate of drug-likeness (QED) is 0.179. The Labute approximate surface area is 333 Å². The number of hydrogen-bond donors (Lipinski definition) is 0. The van der Waals surface area contributed by atoms with E-state index in [2.05, 4.69) is 161 Å². The largest absolute Gasteiger partial charge is 0.361 e. The van der Waals surface area contributed by atoms with Gasteiger partial charge in [0.15, 0.2) is 0 Å². The maximum Gasteiger partial charge on any atom is 0.0580 e. The Morgan fingerprint density at radius 3 is 2.45 bits per heavy atom. The molecule has 0 saturated heterocycles. The first-order valence-electron chi connectivity index (χ1n) is 21.8. The van der Waals surface area contributed by atoms with Gasteiger partial charge in [-0.05, 0) is 134 Å². The van der Waals surface area contributed by atoms with E-state index in [1.54, 1.807) is 11.3 Å². The molecule has 0 N–H and O–H groups in total. The fourth-order valence-electron chi connectivity index (χ4n) is 11.7. The molecule has 0 spiro atoms. The number of hydrogen-bond acceptors (Lipinski definition) is 1. The lowest BCUT2D eigenvalue weighted by molar-refractivity contribution is 0.227. The van der Waals surface area contributed by atoms with Crippen LogP contribution in [0.4, 0.5) is 0 Å². The van der Waals surface area contributed by atoms with Crippen molar-refractivity contribution < 1.29 is 0 Å². The molecule has 1 aliphatic heterocycles. The molecule has 11 rings (SSSR count). The minimum absolute atomic E-state index is 0.301. The zero-order valence-corrected chi connectivity index (χ0v) is 32.6. The van der Waals surface area contributed by atoms with Gasteiger partial charge in [-0.25, -0.2) is 0 Å². The van der Waals surface area contributed by atoms with Gasteiger partial charge in [0.1, 0.15) is 0 Å². The van der Waals surface area contributed by atoms with Gasteiger partial charge in [0.25, 0.3) is 0 Å². The summed E-state index contributed by atoms with van der Waals surface area (Å²) >= 11 is 0. The number of para-hydroxylation sites is 1. The van der Waals surface area contributed by atoms with Crippen LogP contribution in [0, 0.1) is 17.8 Å². The highest BCUT2D eigenvalue weighted by atomic mass is 15.2. The maximum absolute atomic E-state index is 2.85. The van der Waals surface area contributed by atoms with Crippen molar-refractivity contribution in [1.82, 2.24) is 9.47 Å².